The predicted molar refractivity (Wildman–Crippen MR) is 103 cm³/mol. The van der Waals surface area contributed by atoms with Gasteiger partial charge in [-0.05, 0) is 37.5 Å². The topological polar surface area (TPSA) is 111 Å². The Morgan fingerprint density at radius 2 is 1.93 bits per heavy atom. The predicted octanol–water partition coefficient (Wildman–Crippen LogP) is 3.20. The van der Waals surface area contributed by atoms with Crippen LogP contribution in [0.4, 0.5) is 11.4 Å². The van der Waals surface area contributed by atoms with Crippen LogP contribution in [0.3, 0.4) is 0 Å². The Hall–Kier alpha value is -3.42. The number of ether oxygens (including phenoxy) is 1. The maximum Gasteiger partial charge on any atom is 0.338 e. The van der Waals surface area contributed by atoms with Crippen LogP contribution in [0.2, 0.25) is 0 Å². The largest absolute Gasteiger partial charge is 0.452 e. The molecule has 0 aromatic heterocycles. The molecule has 1 saturated carbocycles. The minimum Gasteiger partial charge on any atom is -0.452 e. The molecule has 8 nitrogen and oxygen atoms in total. The van der Waals surface area contributed by atoms with Gasteiger partial charge in [0, 0.05) is 12.1 Å². The molecule has 28 heavy (non-hydrogen) atoms. The molecule has 0 spiro atoms. The van der Waals surface area contributed by atoms with Crippen molar-refractivity contribution in [2.24, 2.45) is 0 Å². The highest BCUT2D eigenvalue weighted by atomic mass is 16.6. The normalized spacial score (nSPS) is 14.0. The van der Waals surface area contributed by atoms with Gasteiger partial charge in [-0.15, -0.1) is 0 Å². The molecule has 2 aromatic carbocycles. The molecular formula is C20H21N3O5. The maximum atomic E-state index is 12.2. The lowest BCUT2D eigenvalue weighted by Gasteiger charge is -2.14. The second kappa shape index (κ2) is 8.51. The second-order valence-corrected chi connectivity index (χ2v) is 6.68. The van der Waals surface area contributed by atoms with Crippen molar-refractivity contribution in [1.29, 1.82) is 0 Å². The Balaban J connectivity index is 1.57. The van der Waals surface area contributed by atoms with Gasteiger partial charge in [0.1, 0.15) is 5.69 Å². The first-order valence-corrected chi connectivity index (χ1v) is 9.00. The van der Waals surface area contributed by atoms with E-state index in [-0.39, 0.29) is 23.3 Å². The highest BCUT2D eigenvalue weighted by Crippen LogP contribution is 2.31. The van der Waals surface area contributed by atoms with Crippen molar-refractivity contribution in [3.05, 3.63) is 69.8 Å². The molecular weight excluding hydrogens is 362 g/mol. The molecule has 2 N–H and O–H groups in total. The molecule has 0 bridgehead atoms. The zero-order valence-electron chi connectivity index (χ0n) is 15.4. The van der Waals surface area contributed by atoms with E-state index in [0.29, 0.717) is 5.69 Å². The summed E-state index contributed by atoms with van der Waals surface area (Å²) in [6.07, 6.45) is 1.94. The lowest BCUT2D eigenvalue weighted by molar-refractivity contribution is -0.384. The van der Waals surface area contributed by atoms with E-state index in [2.05, 4.69) is 10.6 Å². The van der Waals surface area contributed by atoms with Gasteiger partial charge in [-0.25, -0.2) is 4.79 Å². The molecule has 146 valence electrons. The van der Waals surface area contributed by atoms with Gasteiger partial charge >= 0.3 is 5.97 Å². The van der Waals surface area contributed by atoms with Crippen LogP contribution >= 0.6 is 0 Å². The summed E-state index contributed by atoms with van der Waals surface area (Å²) in [6, 6.07) is 13.5. The molecule has 0 unspecified atom stereocenters. The van der Waals surface area contributed by atoms with Crippen molar-refractivity contribution in [3.8, 4) is 0 Å². The minimum atomic E-state index is -0.788. The van der Waals surface area contributed by atoms with Crippen molar-refractivity contribution in [3.63, 3.8) is 0 Å². The standard InChI is InChI=1S/C20H21N3O5/c1-13(14-5-3-2-4-6-14)21-19(24)12-28-20(25)15-7-10-17(22-16-8-9-16)18(11-15)23(26)27/h2-7,10-11,13,16,22H,8-9,12H2,1H3,(H,21,24)/t13-/m1/s1. The van der Waals surface area contributed by atoms with Gasteiger partial charge in [0.15, 0.2) is 6.61 Å². The molecule has 3 rings (SSSR count). The second-order valence-electron chi connectivity index (χ2n) is 6.68. The fraction of sp³-hybridized carbons (Fsp3) is 0.300. The van der Waals surface area contributed by atoms with Crippen LogP contribution in [0.1, 0.15) is 41.7 Å². The number of nitrogens with zero attached hydrogens (tertiary/aromatic N) is 1. The van der Waals surface area contributed by atoms with Gasteiger partial charge in [-0.3, -0.25) is 14.9 Å². The fourth-order valence-electron chi connectivity index (χ4n) is 2.70. The highest BCUT2D eigenvalue weighted by Gasteiger charge is 2.26. The molecule has 1 fully saturated rings. The number of anilines is 1. The lowest BCUT2D eigenvalue weighted by Crippen LogP contribution is -2.31. The van der Waals surface area contributed by atoms with E-state index < -0.39 is 23.4 Å². The van der Waals surface area contributed by atoms with Crippen molar-refractivity contribution < 1.29 is 19.2 Å². The quantitative estimate of drug-likeness (QED) is 0.411. The monoisotopic (exact) mass is 383 g/mol. The number of carbonyl (C=O) groups is 2. The highest BCUT2D eigenvalue weighted by molar-refractivity contribution is 5.93. The summed E-state index contributed by atoms with van der Waals surface area (Å²) in [6.45, 7) is 1.36. The SMILES string of the molecule is C[C@@H](NC(=O)COC(=O)c1ccc(NC2CC2)c([N+](=O)[O-])c1)c1ccccc1. The number of nitrogens with one attached hydrogen (secondary N) is 2. The maximum absolute atomic E-state index is 12.2. The number of carbonyl (C=O) groups excluding carboxylic acids is 2. The molecule has 0 saturated heterocycles. The van der Waals surface area contributed by atoms with Gasteiger partial charge in [0.05, 0.1) is 16.5 Å². The molecule has 1 aliphatic rings. The van der Waals surface area contributed by atoms with Gasteiger partial charge in [0.2, 0.25) is 0 Å². The van der Waals surface area contributed by atoms with E-state index in [1.807, 2.05) is 37.3 Å². The third kappa shape index (κ3) is 5.06. The minimum absolute atomic E-state index is 0.0250. The van der Waals surface area contributed by atoms with Crippen molar-refractivity contribution >= 4 is 23.3 Å². The van der Waals surface area contributed by atoms with E-state index in [4.69, 9.17) is 4.74 Å². The first-order valence-electron chi connectivity index (χ1n) is 9.00. The Kier molecular flexibility index (Phi) is 5.88. The van der Waals surface area contributed by atoms with Crippen LogP contribution in [-0.2, 0) is 9.53 Å². The number of esters is 1. The van der Waals surface area contributed by atoms with Crippen LogP contribution in [-0.4, -0.2) is 29.4 Å². The smallest absolute Gasteiger partial charge is 0.338 e. The third-order valence-electron chi connectivity index (χ3n) is 4.38. The summed E-state index contributed by atoms with van der Waals surface area (Å²) in [5, 5.41) is 17.1. The molecule has 0 radical (unpaired) electrons. The number of hydrogen-bond acceptors (Lipinski definition) is 6. The summed E-state index contributed by atoms with van der Waals surface area (Å²) in [7, 11) is 0. The zero-order valence-corrected chi connectivity index (χ0v) is 15.4. The number of benzene rings is 2. The first kappa shape index (κ1) is 19.3. The number of hydrogen-bond donors (Lipinski definition) is 2. The third-order valence-corrected chi connectivity index (χ3v) is 4.38. The fourth-order valence-corrected chi connectivity index (χ4v) is 2.70. The van der Waals surface area contributed by atoms with Gasteiger partial charge in [0.25, 0.3) is 11.6 Å². The summed E-state index contributed by atoms with van der Waals surface area (Å²) < 4.78 is 5.00. The number of amides is 1. The van der Waals surface area contributed by atoms with Crippen molar-refractivity contribution in [2.45, 2.75) is 31.8 Å². The van der Waals surface area contributed by atoms with Crippen molar-refractivity contribution in [2.75, 3.05) is 11.9 Å². The average Bonchev–Trinajstić information content (AvgIpc) is 3.51. The molecule has 1 amide bonds. The Bertz CT molecular complexity index is 881. The van der Waals surface area contributed by atoms with E-state index in [1.54, 1.807) is 0 Å². The Morgan fingerprint density at radius 1 is 1.21 bits per heavy atom. The van der Waals surface area contributed by atoms with Crippen LogP contribution in [0.25, 0.3) is 0 Å². The summed E-state index contributed by atoms with van der Waals surface area (Å²) in [5.41, 5.74) is 1.13. The van der Waals surface area contributed by atoms with E-state index in [0.717, 1.165) is 24.5 Å². The molecule has 0 heterocycles. The van der Waals surface area contributed by atoms with E-state index in [9.17, 15) is 19.7 Å². The Labute approximate surface area is 162 Å². The molecule has 8 heteroatoms. The lowest BCUT2D eigenvalue weighted by atomic mass is 10.1. The summed E-state index contributed by atoms with van der Waals surface area (Å²) in [5.74, 6) is -1.24. The van der Waals surface area contributed by atoms with Crippen LogP contribution < -0.4 is 10.6 Å². The number of nitro groups is 1. The molecule has 1 aliphatic carbocycles. The van der Waals surface area contributed by atoms with Crippen LogP contribution in [0.5, 0.6) is 0 Å². The molecule has 2 aromatic rings. The average molecular weight is 383 g/mol. The van der Waals surface area contributed by atoms with Crippen LogP contribution in [0, 0.1) is 10.1 Å². The van der Waals surface area contributed by atoms with Crippen molar-refractivity contribution in [1.82, 2.24) is 5.32 Å². The number of rotatable bonds is 8. The molecule has 0 aliphatic heterocycles. The van der Waals surface area contributed by atoms with E-state index in [1.165, 1.54) is 12.1 Å². The van der Waals surface area contributed by atoms with E-state index >= 15 is 0 Å². The number of nitro benzene ring substituents is 1. The van der Waals surface area contributed by atoms with Gasteiger partial charge < -0.3 is 15.4 Å². The Morgan fingerprint density at radius 3 is 2.57 bits per heavy atom. The zero-order chi connectivity index (χ0) is 20.1. The van der Waals surface area contributed by atoms with Crippen LogP contribution in [0.15, 0.2) is 48.5 Å². The van der Waals surface area contributed by atoms with Gasteiger partial charge in [-0.2, -0.15) is 0 Å². The summed E-state index contributed by atoms with van der Waals surface area (Å²) >= 11 is 0. The summed E-state index contributed by atoms with van der Waals surface area (Å²) in [4.78, 5) is 34.9. The molecule has 1 atom stereocenters. The van der Waals surface area contributed by atoms with Gasteiger partial charge in [-0.1, -0.05) is 30.3 Å². The first-order chi connectivity index (χ1) is 13.4.